The number of hydrogen-bond acceptors (Lipinski definition) is 3. The van der Waals surface area contributed by atoms with Gasteiger partial charge in [0, 0.05) is 11.0 Å². The molecule has 0 bridgehead atoms. The molecule has 5 heteroatoms. The van der Waals surface area contributed by atoms with Gasteiger partial charge in [0.1, 0.15) is 0 Å². The van der Waals surface area contributed by atoms with Gasteiger partial charge < -0.3 is 5.73 Å². The van der Waals surface area contributed by atoms with E-state index >= 15 is 0 Å². The van der Waals surface area contributed by atoms with E-state index in [9.17, 15) is 0 Å². The van der Waals surface area contributed by atoms with Crippen LogP contribution in [0.4, 0.5) is 0 Å². The highest BCUT2D eigenvalue weighted by Gasteiger charge is 2.16. The molecule has 0 saturated carbocycles. The van der Waals surface area contributed by atoms with Crippen molar-refractivity contribution in [2.45, 2.75) is 32.9 Å². The molecule has 4 nitrogen and oxygen atoms in total. The minimum atomic E-state index is -0.181. The molecule has 2 aromatic rings. The van der Waals surface area contributed by atoms with E-state index < -0.39 is 0 Å². The summed E-state index contributed by atoms with van der Waals surface area (Å²) in [5, 5.41) is 8.04. The van der Waals surface area contributed by atoms with Crippen molar-refractivity contribution >= 4 is 15.9 Å². The summed E-state index contributed by atoms with van der Waals surface area (Å²) < 4.78 is 2.95. The van der Waals surface area contributed by atoms with Gasteiger partial charge in [-0.2, -0.15) is 0 Å². The molecule has 1 heterocycles. The Morgan fingerprint density at radius 2 is 2.22 bits per heavy atom. The largest absolute Gasteiger partial charge is 0.319 e. The number of rotatable bonds is 4. The normalized spacial score (nSPS) is 12.7. The molecule has 1 atom stereocenters. The predicted octanol–water partition coefficient (Wildman–Crippen LogP) is 2.81. The SMILES string of the molecule is CCCn1nncc1C(N)c1ccc(Br)cc1C. The van der Waals surface area contributed by atoms with Gasteiger partial charge in [0.15, 0.2) is 0 Å². The van der Waals surface area contributed by atoms with Gasteiger partial charge in [-0.05, 0) is 36.6 Å². The van der Waals surface area contributed by atoms with E-state index in [4.69, 9.17) is 5.73 Å². The Kier molecular flexibility index (Phi) is 4.14. The van der Waals surface area contributed by atoms with Crippen LogP contribution in [0.15, 0.2) is 28.9 Å². The second-order valence-corrected chi connectivity index (χ2v) is 5.28. The number of hydrogen-bond donors (Lipinski definition) is 1. The molecule has 0 aliphatic heterocycles. The first kappa shape index (κ1) is 13.2. The van der Waals surface area contributed by atoms with Crippen molar-refractivity contribution in [2.75, 3.05) is 0 Å². The minimum absolute atomic E-state index is 0.181. The number of nitrogens with zero attached hydrogens (tertiary/aromatic N) is 3. The minimum Gasteiger partial charge on any atom is -0.319 e. The van der Waals surface area contributed by atoms with Gasteiger partial charge >= 0.3 is 0 Å². The Morgan fingerprint density at radius 3 is 2.89 bits per heavy atom. The van der Waals surface area contributed by atoms with Gasteiger partial charge in [0.25, 0.3) is 0 Å². The molecule has 0 amide bonds. The second-order valence-electron chi connectivity index (χ2n) is 4.36. The third kappa shape index (κ3) is 2.62. The smallest absolute Gasteiger partial charge is 0.0799 e. The van der Waals surface area contributed by atoms with Crippen LogP contribution in [-0.2, 0) is 6.54 Å². The second kappa shape index (κ2) is 5.63. The topological polar surface area (TPSA) is 56.7 Å². The zero-order valence-corrected chi connectivity index (χ0v) is 12.2. The summed E-state index contributed by atoms with van der Waals surface area (Å²) >= 11 is 3.46. The zero-order chi connectivity index (χ0) is 13.1. The van der Waals surface area contributed by atoms with Gasteiger partial charge in [-0.3, -0.25) is 0 Å². The first-order valence-corrected chi connectivity index (χ1v) is 6.82. The molecule has 0 aliphatic carbocycles. The molecule has 1 aromatic heterocycles. The first-order chi connectivity index (χ1) is 8.63. The molecule has 0 radical (unpaired) electrons. The third-order valence-corrected chi connectivity index (χ3v) is 3.46. The summed E-state index contributed by atoms with van der Waals surface area (Å²) in [6, 6.07) is 5.95. The summed E-state index contributed by atoms with van der Waals surface area (Å²) in [6.07, 6.45) is 2.77. The van der Waals surface area contributed by atoms with Crippen LogP contribution in [0.5, 0.6) is 0 Å². The molecule has 96 valence electrons. The fourth-order valence-corrected chi connectivity index (χ4v) is 2.51. The maximum absolute atomic E-state index is 6.33. The lowest BCUT2D eigenvalue weighted by Crippen LogP contribution is -2.18. The standard InChI is InChI=1S/C13H17BrN4/c1-3-6-18-12(8-16-17-18)13(15)11-5-4-10(14)7-9(11)2/h4-5,7-8,13H,3,6,15H2,1-2H3. The number of nitrogens with two attached hydrogens (primary N) is 1. The Labute approximate surface area is 115 Å². The highest BCUT2D eigenvalue weighted by Crippen LogP contribution is 2.24. The Bertz CT molecular complexity index is 536. The zero-order valence-electron chi connectivity index (χ0n) is 10.6. The third-order valence-electron chi connectivity index (χ3n) is 2.97. The number of aromatic nitrogens is 3. The van der Waals surface area contributed by atoms with E-state index in [2.05, 4.69) is 46.2 Å². The van der Waals surface area contributed by atoms with Gasteiger partial charge in [-0.1, -0.05) is 34.1 Å². The first-order valence-electron chi connectivity index (χ1n) is 6.03. The van der Waals surface area contributed by atoms with Crippen LogP contribution in [-0.4, -0.2) is 15.0 Å². The summed E-state index contributed by atoms with van der Waals surface area (Å²) in [7, 11) is 0. The Balaban J connectivity index is 2.35. The molecular formula is C13H17BrN4. The van der Waals surface area contributed by atoms with Crippen molar-refractivity contribution in [3.8, 4) is 0 Å². The van der Waals surface area contributed by atoms with E-state index in [1.165, 1.54) is 5.56 Å². The van der Waals surface area contributed by atoms with E-state index in [0.717, 1.165) is 28.7 Å². The van der Waals surface area contributed by atoms with Gasteiger partial charge in [-0.15, -0.1) is 5.10 Å². The van der Waals surface area contributed by atoms with Crippen molar-refractivity contribution in [3.63, 3.8) is 0 Å². The number of benzene rings is 1. The maximum Gasteiger partial charge on any atom is 0.0799 e. The van der Waals surface area contributed by atoms with Crippen molar-refractivity contribution < 1.29 is 0 Å². The number of halogens is 1. The quantitative estimate of drug-likeness (QED) is 0.945. The van der Waals surface area contributed by atoms with E-state index in [0.29, 0.717) is 0 Å². The van der Waals surface area contributed by atoms with Crippen molar-refractivity contribution in [3.05, 3.63) is 45.7 Å². The molecule has 2 rings (SSSR count). The average molecular weight is 309 g/mol. The van der Waals surface area contributed by atoms with Crippen molar-refractivity contribution in [1.29, 1.82) is 0 Å². The molecule has 2 N–H and O–H groups in total. The van der Waals surface area contributed by atoms with Crippen LogP contribution in [0, 0.1) is 6.92 Å². The monoisotopic (exact) mass is 308 g/mol. The molecule has 0 fully saturated rings. The lowest BCUT2D eigenvalue weighted by Gasteiger charge is -2.15. The summed E-state index contributed by atoms with van der Waals surface area (Å²) in [6.45, 7) is 5.02. The van der Waals surface area contributed by atoms with Crippen molar-refractivity contribution in [1.82, 2.24) is 15.0 Å². The molecular weight excluding hydrogens is 292 g/mol. The van der Waals surface area contributed by atoms with Crippen molar-refractivity contribution in [2.24, 2.45) is 5.73 Å². The van der Waals surface area contributed by atoms with Crippen LogP contribution >= 0.6 is 15.9 Å². The highest BCUT2D eigenvalue weighted by atomic mass is 79.9. The van der Waals surface area contributed by atoms with Crippen LogP contribution < -0.4 is 5.73 Å². The molecule has 1 aromatic carbocycles. The van der Waals surface area contributed by atoms with E-state index in [1.807, 2.05) is 16.8 Å². The molecule has 0 saturated heterocycles. The molecule has 1 unspecified atom stereocenters. The lowest BCUT2D eigenvalue weighted by molar-refractivity contribution is 0.543. The summed E-state index contributed by atoms with van der Waals surface area (Å²) in [5.74, 6) is 0. The van der Waals surface area contributed by atoms with Gasteiger partial charge in [-0.25, -0.2) is 4.68 Å². The molecule has 0 aliphatic rings. The average Bonchev–Trinajstić information content (AvgIpc) is 2.77. The fourth-order valence-electron chi connectivity index (χ4n) is 2.04. The van der Waals surface area contributed by atoms with Crippen LogP contribution in [0.25, 0.3) is 0 Å². The summed E-state index contributed by atoms with van der Waals surface area (Å²) in [4.78, 5) is 0. The Hall–Kier alpha value is -1.20. The summed E-state index contributed by atoms with van der Waals surface area (Å²) in [5.41, 5.74) is 9.56. The van der Waals surface area contributed by atoms with Crippen LogP contribution in [0.1, 0.15) is 36.2 Å². The van der Waals surface area contributed by atoms with E-state index in [1.54, 1.807) is 6.20 Å². The Morgan fingerprint density at radius 1 is 1.44 bits per heavy atom. The maximum atomic E-state index is 6.33. The van der Waals surface area contributed by atoms with Gasteiger partial charge in [0.2, 0.25) is 0 Å². The van der Waals surface area contributed by atoms with Gasteiger partial charge in [0.05, 0.1) is 17.9 Å². The van der Waals surface area contributed by atoms with Crippen LogP contribution in [0.3, 0.4) is 0 Å². The van der Waals surface area contributed by atoms with E-state index in [-0.39, 0.29) is 6.04 Å². The predicted molar refractivity (Wildman–Crippen MR) is 75.2 cm³/mol. The number of aryl methyl sites for hydroxylation is 2. The lowest BCUT2D eigenvalue weighted by atomic mass is 10.00. The molecule has 0 spiro atoms. The highest BCUT2D eigenvalue weighted by molar-refractivity contribution is 9.10. The fraction of sp³-hybridized carbons (Fsp3) is 0.385. The van der Waals surface area contributed by atoms with Crippen LogP contribution in [0.2, 0.25) is 0 Å². The molecule has 18 heavy (non-hydrogen) atoms.